The van der Waals surface area contributed by atoms with Crippen molar-refractivity contribution in [1.82, 2.24) is 4.90 Å². The normalized spacial score (nSPS) is 15.0. The lowest BCUT2D eigenvalue weighted by Crippen LogP contribution is -2.34. The van der Waals surface area contributed by atoms with Crippen molar-refractivity contribution < 1.29 is 14.0 Å². The van der Waals surface area contributed by atoms with Gasteiger partial charge in [0.2, 0.25) is 11.8 Å². The molecule has 0 bridgehead atoms. The fraction of sp³-hybridized carbons (Fsp3) is 0.333. The summed E-state index contributed by atoms with van der Waals surface area (Å²) in [5, 5.41) is 2.58. The first-order valence-corrected chi connectivity index (χ1v) is 6.63. The maximum absolute atomic E-state index is 13.3. The maximum atomic E-state index is 13.3. The molecule has 0 aliphatic carbocycles. The van der Waals surface area contributed by atoms with E-state index in [0.29, 0.717) is 22.9 Å². The van der Waals surface area contributed by atoms with Gasteiger partial charge in [0, 0.05) is 5.69 Å². The number of hydrogen-bond donors (Lipinski definition) is 1. The van der Waals surface area contributed by atoms with Gasteiger partial charge in [0.25, 0.3) is 0 Å². The molecule has 1 aliphatic rings. The quantitative estimate of drug-likeness (QED) is 0.906. The lowest BCUT2D eigenvalue weighted by molar-refractivity contribution is -0.130. The van der Waals surface area contributed by atoms with E-state index in [0.717, 1.165) is 0 Å². The number of anilines is 1. The molecule has 96 valence electrons. The number of thioether (sulfide) groups is 1. The molecule has 2 rings (SSSR count). The van der Waals surface area contributed by atoms with E-state index in [-0.39, 0.29) is 24.2 Å². The average Bonchev–Trinajstić information content (AvgIpc) is 2.70. The second-order valence-electron chi connectivity index (χ2n) is 4.08. The fourth-order valence-electron chi connectivity index (χ4n) is 1.58. The summed E-state index contributed by atoms with van der Waals surface area (Å²) >= 11 is 1.48. The van der Waals surface area contributed by atoms with E-state index in [2.05, 4.69) is 5.32 Å². The van der Waals surface area contributed by atoms with Crippen molar-refractivity contribution >= 4 is 29.3 Å². The number of halogens is 1. The zero-order valence-corrected chi connectivity index (χ0v) is 10.7. The average molecular weight is 268 g/mol. The summed E-state index contributed by atoms with van der Waals surface area (Å²) in [6.45, 7) is 1.67. The summed E-state index contributed by atoms with van der Waals surface area (Å²) in [6, 6.07) is 4.51. The SMILES string of the molecule is Cc1ccc(NC(=O)CN2CSCC2=O)cc1F. The minimum Gasteiger partial charge on any atom is -0.324 e. The highest BCUT2D eigenvalue weighted by Crippen LogP contribution is 2.16. The second kappa shape index (κ2) is 5.39. The topological polar surface area (TPSA) is 49.4 Å². The minimum absolute atomic E-state index is 0.0152. The van der Waals surface area contributed by atoms with Crippen molar-refractivity contribution in [2.24, 2.45) is 0 Å². The highest BCUT2D eigenvalue weighted by Gasteiger charge is 2.22. The van der Waals surface area contributed by atoms with Crippen LogP contribution in [0.25, 0.3) is 0 Å². The van der Waals surface area contributed by atoms with E-state index >= 15 is 0 Å². The molecular weight excluding hydrogens is 255 g/mol. The van der Waals surface area contributed by atoms with Crippen molar-refractivity contribution in [2.75, 3.05) is 23.5 Å². The third kappa shape index (κ3) is 3.01. The van der Waals surface area contributed by atoms with Gasteiger partial charge in [-0.05, 0) is 24.6 Å². The molecule has 18 heavy (non-hydrogen) atoms. The Kier molecular flexibility index (Phi) is 3.86. The summed E-state index contributed by atoms with van der Waals surface area (Å²) in [5.74, 6) is 0.251. The number of rotatable bonds is 3. The highest BCUT2D eigenvalue weighted by molar-refractivity contribution is 8.00. The van der Waals surface area contributed by atoms with Crippen LogP contribution in [0.5, 0.6) is 0 Å². The van der Waals surface area contributed by atoms with Gasteiger partial charge >= 0.3 is 0 Å². The van der Waals surface area contributed by atoms with Crippen molar-refractivity contribution in [1.29, 1.82) is 0 Å². The molecule has 1 fully saturated rings. The monoisotopic (exact) mass is 268 g/mol. The molecule has 2 amide bonds. The van der Waals surface area contributed by atoms with Gasteiger partial charge in [0.1, 0.15) is 12.4 Å². The Hall–Kier alpha value is -1.56. The molecule has 0 unspecified atom stereocenters. The van der Waals surface area contributed by atoms with E-state index < -0.39 is 0 Å². The largest absolute Gasteiger partial charge is 0.324 e. The zero-order chi connectivity index (χ0) is 13.1. The molecule has 1 N–H and O–H groups in total. The summed E-state index contributed by atoms with van der Waals surface area (Å²) in [4.78, 5) is 24.5. The Morgan fingerprint density at radius 2 is 2.33 bits per heavy atom. The first kappa shape index (κ1) is 12.9. The van der Waals surface area contributed by atoms with E-state index in [1.165, 1.54) is 22.7 Å². The Morgan fingerprint density at radius 1 is 1.56 bits per heavy atom. The predicted octanol–water partition coefficient (Wildman–Crippen LogP) is 1.61. The molecule has 0 spiro atoms. The molecule has 1 saturated heterocycles. The van der Waals surface area contributed by atoms with Crippen molar-refractivity contribution in [2.45, 2.75) is 6.92 Å². The third-order valence-corrected chi connectivity index (χ3v) is 3.56. The number of carbonyl (C=O) groups excluding carboxylic acids is 2. The third-order valence-electron chi connectivity index (χ3n) is 2.62. The van der Waals surface area contributed by atoms with Gasteiger partial charge in [-0.15, -0.1) is 11.8 Å². The Bertz CT molecular complexity index is 493. The number of nitrogens with zero attached hydrogens (tertiary/aromatic N) is 1. The number of nitrogens with one attached hydrogen (secondary N) is 1. The van der Waals surface area contributed by atoms with Crippen LogP contribution in [0, 0.1) is 12.7 Å². The van der Waals surface area contributed by atoms with Crippen LogP contribution in [0.15, 0.2) is 18.2 Å². The molecule has 0 radical (unpaired) electrons. The molecule has 6 heteroatoms. The molecule has 1 aromatic rings. The summed E-state index contributed by atoms with van der Waals surface area (Å²) in [6.07, 6.45) is 0. The van der Waals surface area contributed by atoms with E-state index in [4.69, 9.17) is 0 Å². The Balaban J connectivity index is 1.94. The summed E-state index contributed by atoms with van der Waals surface area (Å²) in [5.41, 5.74) is 0.932. The lowest BCUT2D eigenvalue weighted by atomic mass is 10.2. The highest BCUT2D eigenvalue weighted by atomic mass is 32.2. The maximum Gasteiger partial charge on any atom is 0.244 e. The number of carbonyl (C=O) groups is 2. The fourth-order valence-corrected chi connectivity index (χ4v) is 2.49. The molecular formula is C12H13FN2O2S. The van der Waals surface area contributed by atoms with Gasteiger partial charge in [-0.25, -0.2) is 4.39 Å². The first-order chi connectivity index (χ1) is 8.56. The summed E-state index contributed by atoms with van der Waals surface area (Å²) in [7, 11) is 0. The number of benzene rings is 1. The van der Waals surface area contributed by atoms with Crippen molar-refractivity contribution in [3.63, 3.8) is 0 Å². The van der Waals surface area contributed by atoms with Gasteiger partial charge in [-0.1, -0.05) is 6.07 Å². The van der Waals surface area contributed by atoms with Crippen LogP contribution >= 0.6 is 11.8 Å². The van der Waals surface area contributed by atoms with Crippen LogP contribution in [0.3, 0.4) is 0 Å². The molecule has 1 heterocycles. The molecule has 1 aromatic carbocycles. The zero-order valence-electron chi connectivity index (χ0n) is 9.90. The van der Waals surface area contributed by atoms with Crippen molar-refractivity contribution in [3.8, 4) is 0 Å². The van der Waals surface area contributed by atoms with Crippen LogP contribution in [-0.2, 0) is 9.59 Å². The van der Waals surface area contributed by atoms with Gasteiger partial charge in [0.05, 0.1) is 11.6 Å². The van der Waals surface area contributed by atoms with Crippen LogP contribution in [0.2, 0.25) is 0 Å². The first-order valence-electron chi connectivity index (χ1n) is 5.48. The molecule has 1 aliphatic heterocycles. The predicted molar refractivity (Wildman–Crippen MR) is 68.8 cm³/mol. The molecule has 0 aromatic heterocycles. The van der Waals surface area contributed by atoms with Gasteiger partial charge in [0.15, 0.2) is 0 Å². The second-order valence-corrected chi connectivity index (χ2v) is 5.04. The number of hydrogen-bond acceptors (Lipinski definition) is 3. The van der Waals surface area contributed by atoms with Crippen LogP contribution in [0.1, 0.15) is 5.56 Å². The Morgan fingerprint density at radius 3 is 2.94 bits per heavy atom. The van der Waals surface area contributed by atoms with Crippen molar-refractivity contribution in [3.05, 3.63) is 29.6 Å². The standard InChI is InChI=1S/C12H13FN2O2S/c1-8-2-3-9(4-10(8)13)14-11(16)5-15-7-18-6-12(15)17/h2-4H,5-7H2,1H3,(H,14,16). The van der Waals surface area contributed by atoms with E-state index in [1.807, 2.05) is 0 Å². The number of aryl methyl sites for hydroxylation is 1. The van der Waals surface area contributed by atoms with Crippen LogP contribution in [0.4, 0.5) is 10.1 Å². The van der Waals surface area contributed by atoms with Gasteiger partial charge in [-0.2, -0.15) is 0 Å². The molecule has 0 saturated carbocycles. The number of amides is 2. The minimum atomic E-state index is -0.361. The van der Waals surface area contributed by atoms with Crippen LogP contribution < -0.4 is 5.32 Å². The van der Waals surface area contributed by atoms with Gasteiger partial charge < -0.3 is 10.2 Å². The summed E-state index contributed by atoms with van der Waals surface area (Å²) < 4.78 is 13.3. The Labute approximate surface area is 109 Å². The van der Waals surface area contributed by atoms with Gasteiger partial charge in [-0.3, -0.25) is 9.59 Å². The lowest BCUT2D eigenvalue weighted by Gasteiger charge is -2.14. The van der Waals surface area contributed by atoms with Crippen LogP contribution in [-0.4, -0.2) is 34.9 Å². The molecule has 4 nitrogen and oxygen atoms in total. The van der Waals surface area contributed by atoms with E-state index in [1.54, 1.807) is 19.1 Å². The van der Waals surface area contributed by atoms with E-state index in [9.17, 15) is 14.0 Å². The molecule has 0 atom stereocenters. The smallest absolute Gasteiger partial charge is 0.244 e.